The number of nitrogen functional groups attached to an aromatic ring is 1. The third-order valence-electron chi connectivity index (χ3n) is 3.06. The third-order valence-corrected chi connectivity index (χ3v) is 4.93. The number of hydrogen-bond acceptors (Lipinski definition) is 5. The van der Waals surface area contributed by atoms with E-state index in [1.165, 1.54) is 20.2 Å². The first-order chi connectivity index (χ1) is 9.59. The zero-order chi connectivity index (χ0) is 16.4. The molecule has 0 fully saturated rings. The zero-order valence-corrected chi connectivity index (χ0v) is 13.5. The number of nitrogens with zero attached hydrogens (tertiary/aromatic N) is 2. The summed E-state index contributed by atoms with van der Waals surface area (Å²) >= 11 is 0. The number of carbonyl (C=O) groups is 1. The number of para-hydroxylation sites is 1. The van der Waals surface area contributed by atoms with Crippen molar-refractivity contribution < 1.29 is 13.2 Å². The van der Waals surface area contributed by atoms with E-state index in [0.29, 0.717) is 5.69 Å². The second-order valence-electron chi connectivity index (χ2n) is 5.16. The van der Waals surface area contributed by atoms with Gasteiger partial charge in [0.25, 0.3) is 0 Å². The summed E-state index contributed by atoms with van der Waals surface area (Å²) in [6, 6.07) is 4.65. The molecule has 0 spiro atoms. The molecule has 0 unspecified atom stereocenters. The fourth-order valence-corrected chi connectivity index (χ4v) is 2.94. The van der Waals surface area contributed by atoms with Crippen molar-refractivity contribution in [1.82, 2.24) is 4.31 Å². The van der Waals surface area contributed by atoms with Crippen molar-refractivity contribution in [3.8, 4) is 0 Å². The Morgan fingerprint density at radius 1 is 1.29 bits per heavy atom. The fraction of sp³-hybridized carbons (Fsp3) is 0.462. The number of sulfonamides is 1. The topological polar surface area (TPSA) is 110 Å². The lowest BCUT2D eigenvalue weighted by molar-refractivity contribution is -0.116. The molecule has 8 heteroatoms. The second kappa shape index (κ2) is 6.31. The summed E-state index contributed by atoms with van der Waals surface area (Å²) in [5.41, 5.74) is 11.9. The van der Waals surface area contributed by atoms with E-state index < -0.39 is 15.9 Å². The van der Waals surface area contributed by atoms with Crippen molar-refractivity contribution in [2.24, 2.45) is 5.73 Å². The van der Waals surface area contributed by atoms with E-state index in [9.17, 15) is 13.2 Å². The van der Waals surface area contributed by atoms with Gasteiger partial charge >= 0.3 is 0 Å². The predicted octanol–water partition coefficient (Wildman–Crippen LogP) is 0.219. The van der Waals surface area contributed by atoms with Crippen LogP contribution in [-0.2, 0) is 14.8 Å². The number of hydrogen-bond donors (Lipinski definition) is 2. The minimum absolute atomic E-state index is 0.0140. The SMILES string of the molecule is CC(C)N(CC(N)=O)c1cccc(S(=O)(=O)N(C)C)c1N. The molecule has 0 radical (unpaired) electrons. The van der Waals surface area contributed by atoms with Crippen LogP contribution in [0, 0.1) is 0 Å². The fourth-order valence-electron chi connectivity index (χ4n) is 1.92. The summed E-state index contributed by atoms with van der Waals surface area (Å²) in [6.45, 7) is 3.71. The molecule has 21 heavy (non-hydrogen) atoms. The Balaban J connectivity index is 3.43. The van der Waals surface area contributed by atoms with Crippen molar-refractivity contribution >= 4 is 27.3 Å². The average Bonchev–Trinajstić information content (AvgIpc) is 2.35. The van der Waals surface area contributed by atoms with Gasteiger partial charge in [-0.05, 0) is 26.0 Å². The standard InChI is InChI=1S/C13H22N4O3S/c1-9(2)17(8-12(14)18)10-6-5-7-11(13(10)15)21(19,20)16(3)4/h5-7,9H,8,15H2,1-4H3,(H2,14,18). The zero-order valence-electron chi connectivity index (χ0n) is 12.7. The van der Waals surface area contributed by atoms with Crippen molar-refractivity contribution in [2.45, 2.75) is 24.8 Å². The monoisotopic (exact) mass is 314 g/mol. The molecule has 0 aliphatic carbocycles. The van der Waals surface area contributed by atoms with Crippen LogP contribution in [0.1, 0.15) is 13.8 Å². The molecule has 1 amide bonds. The normalized spacial score (nSPS) is 11.9. The van der Waals surface area contributed by atoms with Crippen molar-refractivity contribution in [2.75, 3.05) is 31.3 Å². The summed E-state index contributed by atoms with van der Waals surface area (Å²) in [7, 11) is -0.781. The predicted molar refractivity (Wildman–Crippen MR) is 83.4 cm³/mol. The number of primary amides is 1. The molecule has 0 saturated carbocycles. The van der Waals surface area contributed by atoms with Crippen molar-refractivity contribution in [3.63, 3.8) is 0 Å². The highest BCUT2D eigenvalue weighted by Gasteiger charge is 2.24. The molecule has 7 nitrogen and oxygen atoms in total. The Morgan fingerprint density at radius 3 is 2.29 bits per heavy atom. The molecule has 1 aromatic carbocycles. The molecule has 0 aliphatic rings. The number of rotatable bonds is 6. The molecule has 0 aliphatic heterocycles. The van der Waals surface area contributed by atoms with Gasteiger partial charge in [-0.3, -0.25) is 4.79 Å². The van der Waals surface area contributed by atoms with Crippen LogP contribution in [0.5, 0.6) is 0 Å². The maximum atomic E-state index is 12.3. The molecule has 0 atom stereocenters. The quantitative estimate of drug-likeness (QED) is 0.730. The molecule has 0 saturated heterocycles. The Hall–Kier alpha value is -1.80. The smallest absolute Gasteiger partial charge is 0.244 e. The van der Waals surface area contributed by atoms with Crippen LogP contribution in [0.4, 0.5) is 11.4 Å². The molecular formula is C13H22N4O3S. The maximum Gasteiger partial charge on any atom is 0.244 e. The summed E-state index contributed by atoms with van der Waals surface area (Å²) in [4.78, 5) is 12.9. The lowest BCUT2D eigenvalue weighted by Gasteiger charge is -2.29. The maximum absolute atomic E-state index is 12.3. The summed E-state index contributed by atoms with van der Waals surface area (Å²) in [5, 5.41) is 0. The highest BCUT2D eigenvalue weighted by Crippen LogP contribution is 2.31. The number of carbonyl (C=O) groups excluding carboxylic acids is 1. The third kappa shape index (κ3) is 3.64. The van der Waals surface area contributed by atoms with Crippen LogP contribution in [0.3, 0.4) is 0 Å². The Kier molecular flexibility index (Phi) is 5.19. The molecule has 1 aromatic rings. The van der Waals surface area contributed by atoms with E-state index in [2.05, 4.69) is 0 Å². The van der Waals surface area contributed by atoms with Gasteiger partial charge in [-0.25, -0.2) is 12.7 Å². The van der Waals surface area contributed by atoms with Crippen LogP contribution in [0.25, 0.3) is 0 Å². The molecule has 4 N–H and O–H groups in total. The number of anilines is 2. The van der Waals surface area contributed by atoms with E-state index in [1.807, 2.05) is 13.8 Å². The van der Waals surface area contributed by atoms with Gasteiger partial charge in [0.05, 0.1) is 17.9 Å². The Morgan fingerprint density at radius 2 is 1.86 bits per heavy atom. The molecule has 0 heterocycles. The van der Waals surface area contributed by atoms with Gasteiger partial charge in [-0.1, -0.05) is 6.07 Å². The number of nitrogens with two attached hydrogens (primary N) is 2. The lowest BCUT2D eigenvalue weighted by Crippen LogP contribution is -2.39. The van der Waals surface area contributed by atoms with Gasteiger partial charge < -0.3 is 16.4 Å². The van der Waals surface area contributed by atoms with Crippen molar-refractivity contribution in [1.29, 1.82) is 0 Å². The van der Waals surface area contributed by atoms with Crippen LogP contribution >= 0.6 is 0 Å². The molecular weight excluding hydrogens is 292 g/mol. The molecule has 0 bridgehead atoms. The van der Waals surface area contributed by atoms with Crippen molar-refractivity contribution in [3.05, 3.63) is 18.2 Å². The summed E-state index contributed by atoms with van der Waals surface area (Å²) in [5.74, 6) is -0.510. The van der Waals surface area contributed by atoms with Crippen LogP contribution in [0.15, 0.2) is 23.1 Å². The first kappa shape index (κ1) is 17.3. The van der Waals surface area contributed by atoms with E-state index in [-0.39, 0.29) is 23.2 Å². The van der Waals surface area contributed by atoms with E-state index in [1.54, 1.807) is 17.0 Å². The van der Waals surface area contributed by atoms with Gasteiger partial charge in [0.2, 0.25) is 15.9 Å². The van der Waals surface area contributed by atoms with Crippen LogP contribution in [-0.4, -0.2) is 45.3 Å². The minimum atomic E-state index is -3.65. The first-order valence-corrected chi connectivity index (χ1v) is 7.89. The van der Waals surface area contributed by atoms with Crippen LogP contribution in [0.2, 0.25) is 0 Å². The van der Waals surface area contributed by atoms with E-state index in [4.69, 9.17) is 11.5 Å². The first-order valence-electron chi connectivity index (χ1n) is 6.45. The molecule has 118 valence electrons. The summed E-state index contributed by atoms with van der Waals surface area (Å²) in [6.07, 6.45) is 0. The van der Waals surface area contributed by atoms with Gasteiger partial charge in [0.1, 0.15) is 4.90 Å². The Labute approximate surface area is 125 Å². The second-order valence-corrected chi connectivity index (χ2v) is 7.28. The lowest BCUT2D eigenvalue weighted by atomic mass is 10.2. The number of amides is 1. The van der Waals surface area contributed by atoms with Gasteiger partial charge in [0, 0.05) is 20.1 Å². The van der Waals surface area contributed by atoms with E-state index in [0.717, 1.165) is 4.31 Å². The highest BCUT2D eigenvalue weighted by molar-refractivity contribution is 7.89. The van der Waals surface area contributed by atoms with Gasteiger partial charge in [-0.2, -0.15) is 0 Å². The van der Waals surface area contributed by atoms with E-state index >= 15 is 0 Å². The highest BCUT2D eigenvalue weighted by atomic mass is 32.2. The summed E-state index contributed by atoms with van der Waals surface area (Å²) < 4.78 is 25.6. The van der Waals surface area contributed by atoms with Gasteiger partial charge in [0.15, 0.2) is 0 Å². The minimum Gasteiger partial charge on any atom is -0.396 e. The number of benzene rings is 1. The largest absolute Gasteiger partial charge is 0.396 e. The molecule has 0 aromatic heterocycles. The van der Waals surface area contributed by atoms with Gasteiger partial charge in [-0.15, -0.1) is 0 Å². The molecule has 1 rings (SSSR count). The van der Waals surface area contributed by atoms with Crippen LogP contribution < -0.4 is 16.4 Å². The average molecular weight is 314 g/mol. The Bertz CT molecular complexity index is 626.